The molecule has 0 unspecified atom stereocenters. The number of piperazine rings is 1. The van der Waals surface area contributed by atoms with Crippen LogP contribution in [0.1, 0.15) is 16.2 Å². The lowest BCUT2D eigenvalue weighted by Gasteiger charge is -2.41. The number of aromatic nitrogens is 3. The second-order valence-corrected chi connectivity index (χ2v) is 11.6. The molecule has 0 radical (unpaired) electrons. The number of hydrogen-bond acceptors (Lipinski definition) is 7. The maximum atomic E-state index is 13.0. The van der Waals surface area contributed by atoms with Crippen molar-refractivity contribution in [2.45, 2.75) is 30.8 Å². The predicted molar refractivity (Wildman–Crippen MR) is 146 cm³/mol. The van der Waals surface area contributed by atoms with E-state index in [4.69, 9.17) is 11.6 Å². The van der Waals surface area contributed by atoms with Gasteiger partial charge in [0.05, 0.1) is 4.90 Å². The first-order valence-corrected chi connectivity index (χ1v) is 14.1. The van der Waals surface area contributed by atoms with Crippen LogP contribution in [-0.4, -0.2) is 58.8 Å². The number of sulfonamides is 1. The molecule has 4 aromatic rings. The molecular formula is C24H29ClN6O3S2. The fourth-order valence-electron chi connectivity index (χ4n) is 4.52. The molecule has 1 atom stereocenters. The first-order valence-electron chi connectivity index (χ1n) is 11.5. The van der Waals surface area contributed by atoms with Crippen LogP contribution in [0, 0.1) is 0 Å². The summed E-state index contributed by atoms with van der Waals surface area (Å²) in [7, 11) is -3.72. The zero-order valence-electron chi connectivity index (χ0n) is 19.5. The highest BCUT2D eigenvalue weighted by Crippen LogP contribution is 2.24. The van der Waals surface area contributed by atoms with Gasteiger partial charge in [0.2, 0.25) is 11.0 Å². The fourth-order valence-corrected chi connectivity index (χ4v) is 6.36. The van der Waals surface area contributed by atoms with Crippen molar-refractivity contribution in [1.82, 2.24) is 18.8 Å². The van der Waals surface area contributed by atoms with Crippen LogP contribution in [0.25, 0.3) is 10.9 Å². The van der Waals surface area contributed by atoms with Crippen LogP contribution in [0.5, 0.6) is 0 Å². The Kier molecular flexibility index (Phi) is 6.87. The quantitative estimate of drug-likeness (QED) is 0.363. The van der Waals surface area contributed by atoms with Gasteiger partial charge in [0.15, 0.2) is 0 Å². The number of aryl methyl sites for hydroxylation is 1. The highest BCUT2D eigenvalue weighted by Gasteiger charge is 2.27. The van der Waals surface area contributed by atoms with E-state index in [2.05, 4.69) is 23.5 Å². The van der Waals surface area contributed by atoms with Crippen molar-refractivity contribution in [2.24, 2.45) is 0 Å². The summed E-state index contributed by atoms with van der Waals surface area (Å²) in [5.74, 6) is 0.127. The molecular weight excluding hydrogens is 520 g/mol. The van der Waals surface area contributed by atoms with E-state index in [0.29, 0.717) is 37.6 Å². The predicted octanol–water partition coefficient (Wildman–Crippen LogP) is 4.57. The third-order valence-corrected chi connectivity index (χ3v) is 8.64. The number of nitrogens with zero attached hydrogens (tertiary/aromatic N) is 5. The number of rotatable bonds is 7. The Bertz CT molecular complexity index is 1480. The van der Waals surface area contributed by atoms with Crippen molar-refractivity contribution in [1.29, 1.82) is 0 Å². The number of benzene rings is 2. The van der Waals surface area contributed by atoms with Crippen LogP contribution in [-0.2, 0) is 21.4 Å². The first-order chi connectivity index (χ1) is 17.3. The van der Waals surface area contributed by atoms with E-state index in [-0.39, 0.29) is 24.8 Å². The molecule has 0 bridgehead atoms. The largest absolute Gasteiger partial charge is 0.368 e. The van der Waals surface area contributed by atoms with Gasteiger partial charge >= 0.3 is 0 Å². The standard InChI is InChI=1S/C24H25ClN6O3S2.2H2/c1-17-15-30(20-3-5-21(6-4-20)36(33,34)28-24-26-16-27-35-24)12-13-31(17)23(32)9-11-29-10-8-18-14-19(25)2-7-22(18)29;;/h2-8,10,14,16-17H,9,11-13,15H2,1H3,(H,26,27,28);2*1H/t17-;;/m1../s1. The molecule has 192 valence electrons. The highest BCUT2D eigenvalue weighted by molar-refractivity contribution is 7.93. The molecule has 1 amide bonds. The van der Waals surface area contributed by atoms with Gasteiger partial charge in [-0.1, -0.05) is 11.6 Å². The number of amides is 1. The van der Waals surface area contributed by atoms with E-state index in [1.54, 1.807) is 24.3 Å². The summed E-state index contributed by atoms with van der Waals surface area (Å²) in [4.78, 5) is 21.1. The Hall–Kier alpha value is -3.15. The zero-order chi connectivity index (χ0) is 25.3. The monoisotopic (exact) mass is 548 g/mol. The third-order valence-electron chi connectivity index (χ3n) is 6.34. The van der Waals surface area contributed by atoms with Gasteiger partial charge in [0.1, 0.15) is 6.33 Å². The number of fused-ring (bicyclic) bond motifs is 1. The Balaban J connectivity index is 0.00000200. The van der Waals surface area contributed by atoms with Gasteiger partial charge < -0.3 is 14.4 Å². The average Bonchev–Trinajstić information content (AvgIpc) is 3.51. The van der Waals surface area contributed by atoms with E-state index < -0.39 is 10.0 Å². The summed E-state index contributed by atoms with van der Waals surface area (Å²) in [6.45, 7) is 4.61. The maximum absolute atomic E-state index is 13.0. The average molecular weight is 549 g/mol. The minimum Gasteiger partial charge on any atom is -0.368 e. The van der Waals surface area contributed by atoms with Gasteiger partial charge in [-0.25, -0.2) is 13.4 Å². The van der Waals surface area contributed by atoms with E-state index >= 15 is 0 Å². The van der Waals surface area contributed by atoms with Crippen molar-refractivity contribution in [2.75, 3.05) is 29.3 Å². The maximum Gasteiger partial charge on any atom is 0.263 e. The Morgan fingerprint density at radius 3 is 2.72 bits per heavy atom. The number of halogens is 1. The van der Waals surface area contributed by atoms with Gasteiger partial charge in [0.25, 0.3) is 10.0 Å². The molecule has 2 aromatic carbocycles. The third kappa shape index (κ3) is 5.18. The Labute approximate surface area is 221 Å². The summed E-state index contributed by atoms with van der Waals surface area (Å²) in [5.41, 5.74) is 1.98. The molecule has 1 saturated heterocycles. The molecule has 0 aliphatic carbocycles. The topological polar surface area (TPSA) is 100 Å². The van der Waals surface area contributed by atoms with Crippen molar-refractivity contribution >= 4 is 60.8 Å². The number of nitrogens with one attached hydrogen (secondary N) is 1. The molecule has 0 spiro atoms. The lowest BCUT2D eigenvalue weighted by atomic mass is 10.1. The van der Waals surface area contributed by atoms with Gasteiger partial charge in [-0.2, -0.15) is 4.37 Å². The van der Waals surface area contributed by atoms with Crippen LogP contribution >= 0.6 is 23.1 Å². The number of carbonyl (C=O) groups excluding carboxylic acids is 1. The second-order valence-electron chi connectivity index (χ2n) is 8.69. The van der Waals surface area contributed by atoms with Crippen molar-refractivity contribution in [3.63, 3.8) is 0 Å². The van der Waals surface area contributed by atoms with Crippen LogP contribution in [0.4, 0.5) is 10.8 Å². The van der Waals surface area contributed by atoms with E-state index in [1.807, 2.05) is 42.3 Å². The zero-order valence-corrected chi connectivity index (χ0v) is 21.9. The molecule has 1 fully saturated rings. The smallest absolute Gasteiger partial charge is 0.263 e. The lowest BCUT2D eigenvalue weighted by molar-refractivity contribution is -0.133. The van der Waals surface area contributed by atoms with Crippen LogP contribution in [0.2, 0.25) is 5.02 Å². The SMILES string of the molecule is C[C@@H]1CN(c2ccc(S(=O)(=O)Nc3ncns3)cc2)CCN1C(=O)CCn1ccc2cc(Cl)ccc21.[HH].[HH]. The van der Waals surface area contributed by atoms with Gasteiger partial charge in [-0.3, -0.25) is 9.52 Å². The minimum atomic E-state index is -3.72. The van der Waals surface area contributed by atoms with Crippen LogP contribution in [0.15, 0.2) is 66.0 Å². The van der Waals surface area contributed by atoms with Gasteiger partial charge in [-0.15, -0.1) is 0 Å². The van der Waals surface area contributed by atoms with Gasteiger partial charge in [-0.05, 0) is 55.5 Å². The Morgan fingerprint density at radius 2 is 2.00 bits per heavy atom. The van der Waals surface area contributed by atoms with E-state index in [0.717, 1.165) is 28.1 Å². The van der Waals surface area contributed by atoms with Crippen molar-refractivity contribution in [3.8, 4) is 0 Å². The van der Waals surface area contributed by atoms with Crippen LogP contribution < -0.4 is 9.62 Å². The molecule has 1 N–H and O–H groups in total. The first kappa shape index (κ1) is 24.5. The molecule has 36 heavy (non-hydrogen) atoms. The minimum absolute atomic E-state index is 0. The Morgan fingerprint density at radius 1 is 1.19 bits per heavy atom. The highest BCUT2D eigenvalue weighted by atomic mass is 35.5. The summed E-state index contributed by atoms with van der Waals surface area (Å²) in [5, 5.41) is 1.99. The number of carbonyl (C=O) groups is 1. The van der Waals surface area contributed by atoms with E-state index in [1.165, 1.54) is 6.33 Å². The molecule has 1 aliphatic rings. The molecule has 5 rings (SSSR count). The lowest BCUT2D eigenvalue weighted by Crippen LogP contribution is -2.54. The number of hydrogen-bond donors (Lipinski definition) is 1. The summed E-state index contributed by atoms with van der Waals surface area (Å²) in [6.07, 6.45) is 3.71. The molecule has 9 nitrogen and oxygen atoms in total. The summed E-state index contributed by atoms with van der Waals surface area (Å²) in [6, 6.07) is 14.6. The molecule has 0 saturated carbocycles. The van der Waals surface area contributed by atoms with Crippen LogP contribution in [0.3, 0.4) is 0 Å². The second kappa shape index (κ2) is 10.1. The molecule has 2 aromatic heterocycles. The van der Waals surface area contributed by atoms with Crippen molar-refractivity contribution < 1.29 is 16.1 Å². The normalized spacial score (nSPS) is 16.4. The van der Waals surface area contributed by atoms with Gasteiger partial charge in [0, 0.05) is 80.8 Å². The number of anilines is 2. The summed E-state index contributed by atoms with van der Waals surface area (Å²) >= 11 is 7.05. The van der Waals surface area contributed by atoms with Crippen molar-refractivity contribution in [3.05, 3.63) is 66.1 Å². The summed E-state index contributed by atoms with van der Waals surface area (Å²) < 4.78 is 33.4. The molecule has 12 heteroatoms. The van der Waals surface area contributed by atoms with E-state index in [9.17, 15) is 13.2 Å². The molecule has 1 aliphatic heterocycles. The molecule has 3 heterocycles. The fraction of sp³-hybridized carbons (Fsp3) is 0.292.